The molecule has 5 aromatic rings. The summed E-state index contributed by atoms with van der Waals surface area (Å²) in [5.41, 5.74) is 8.71. The van der Waals surface area contributed by atoms with Crippen molar-refractivity contribution in [1.82, 2.24) is 0 Å². The van der Waals surface area contributed by atoms with Gasteiger partial charge in [0.05, 0.1) is 0 Å². The fraction of sp³-hybridized carbons (Fsp3) is 0. The lowest BCUT2D eigenvalue weighted by atomic mass is 9.92. The summed E-state index contributed by atoms with van der Waals surface area (Å²) in [6.45, 7) is 0. The van der Waals surface area contributed by atoms with Crippen LogP contribution < -0.4 is 0 Å². The molecule has 0 aromatic heterocycles. The van der Waals surface area contributed by atoms with Gasteiger partial charge in [-0.2, -0.15) is 0 Å². The van der Waals surface area contributed by atoms with Crippen molar-refractivity contribution in [2.24, 2.45) is 0 Å². The van der Waals surface area contributed by atoms with Crippen molar-refractivity contribution in [3.63, 3.8) is 0 Å². The van der Waals surface area contributed by atoms with E-state index in [1.165, 1.54) is 16.7 Å². The molecule has 0 unspecified atom stereocenters. The highest BCUT2D eigenvalue weighted by Gasteiger charge is 2.08. The van der Waals surface area contributed by atoms with Gasteiger partial charge in [-0.3, -0.25) is 0 Å². The third-order valence-corrected chi connectivity index (χ3v) is 5.55. The van der Waals surface area contributed by atoms with Crippen LogP contribution in [0.25, 0.3) is 22.3 Å². The van der Waals surface area contributed by atoms with Crippen molar-refractivity contribution in [2.75, 3.05) is 0 Å². The van der Waals surface area contributed by atoms with Crippen LogP contribution in [-0.4, -0.2) is 0 Å². The lowest BCUT2D eigenvalue weighted by Crippen LogP contribution is -1.88. The second-order valence-electron chi connectivity index (χ2n) is 7.94. The molecule has 0 bridgehead atoms. The smallest absolute Gasteiger partial charge is 0.0255 e. The molecule has 0 aliphatic heterocycles. The van der Waals surface area contributed by atoms with Gasteiger partial charge in [0.2, 0.25) is 0 Å². The maximum atomic E-state index is 3.32. The standard InChI is InChI=1S/C34H22/c1-4-10-27(11-5-1)16-17-29-20-23-32(24-21-29)33-25-22-30(19-18-28-12-6-2-7-13-28)26-34(33)31-14-8-3-9-15-31/h1-15,20-26H. The van der Waals surface area contributed by atoms with Gasteiger partial charge in [-0.1, -0.05) is 109 Å². The molecule has 0 heterocycles. The summed E-state index contributed by atoms with van der Waals surface area (Å²) >= 11 is 0. The van der Waals surface area contributed by atoms with E-state index in [4.69, 9.17) is 0 Å². The van der Waals surface area contributed by atoms with Crippen molar-refractivity contribution < 1.29 is 0 Å². The lowest BCUT2D eigenvalue weighted by Gasteiger charge is -2.11. The summed E-state index contributed by atoms with van der Waals surface area (Å²) in [6.07, 6.45) is 0. The minimum Gasteiger partial charge on any atom is -0.0622 e. The van der Waals surface area contributed by atoms with Gasteiger partial charge >= 0.3 is 0 Å². The molecule has 0 amide bonds. The molecule has 0 fully saturated rings. The monoisotopic (exact) mass is 430 g/mol. The Kier molecular flexibility index (Phi) is 6.34. The summed E-state index contributed by atoms with van der Waals surface area (Å²) in [7, 11) is 0. The highest BCUT2D eigenvalue weighted by atomic mass is 14.1. The summed E-state index contributed by atoms with van der Waals surface area (Å²) in [6, 6.07) is 45.5. The largest absolute Gasteiger partial charge is 0.0622 e. The maximum Gasteiger partial charge on any atom is 0.0255 e. The van der Waals surface area contributed by atoms with Crippen LogP contribution in [0.5, 0.6) is 0 Å². The number of hydrogen-bond donors (Lipinski definition) is 0. The maximum absolute atomic E-state index is 3.32. The molecular weight excluding hydrogens is 408 g/mol. The third kappa shape index (κ3) is 5.16. The van der Waals surface area contributed by atoms with E-state index in [1.54, 1.807) is 0 Å². The fourth-order valence-corrected chi connectivity index (χ4v) is 3.80. The molecule has 0 nitrogen and oxygen atoms in total. The van der Waals surface area contributed by atoms with Crippen LogP contribution in [0.4, 0.5) is 0 Å². The van der Waals surface area contributed by atoms with E-state index < -0.39 is 0 Å². The van der Waals surface area contributed by atoms with Gasteiger partial charge in [0.15, 0.2) is 0 Å². The topological polar surface area (TPSA) is 0 Å². The number of hydrogen-bond acceptors (Lipinski definition) is 0. The summed E-state index contributed by atoms with van der Waals surface area (Å²) in [4.78, 5) is 0. The van der Waals surface area contributed by atoms with Gasteiger partial charge in [0.1, 0.15) is 0 Å². The average Bonchev–Trinajstić information content (AvgIpc) is 2.93. The first-order valence-corrected chi connectivity index (χ1v) is 11.3. The molecule has 34 heavy (non-hydrogen) atoms. The Morgan fingerprint density at radius 1 is 0.294 bits per heavy atom. The van der Waals surface area contributed by atoms with E-state index in [1.807, 2.05) is 66.7 Å². The molecule has 0 heteroatoms. The SMILES string of the molecule is C(#Cc1ccc(-c2ccc(C#Cc3ccccc3)cc2-c2ccccc2)cc1)c1ccccc1. The first kappa shape index (κ1) is 21.1. The quantitative estimate of drug-likeness (QED) is 0.250. The first-order chi connectivity index (χ1) is 16.8. The molecule has 158 valence electrons. The highest BCUT2D eigenvalue weighted by molar-refractivity contribution is 5.84. The minimum absolute atomic E-state index is 0.997. The van der Waals surface area contributed by atoms with Crippen LogP contribution in [-0.2, 0) is 0 Å². The predicted molar refractivity (Wildman–Crippen MR) is 142 cm³/mol. The Balaban J connectivity index is 1.50. The molecule has 0 atom stereocenters. The summed E-state index contributed by atoms with van der Waals surface area (Å²) < 4.78 is 0. The molecule has 0 spiro atoms. The predicted octanol–water partition coefficient (Wildman–Crippen LogP) is 7.82. The molecular formula is C34H22. The molecule has 0 saturated carbocycles. The van der Waals surface area contributed by atoms with Crippen LogP contribution >= 0.6 is 0 Å². The second kappa shape index (κ2) is 10.2. The van der Waals surface area contributed by atoms with Crippen LogP contribution in [0.15, 0.2) is 133 Å². The van der Waals surface area contributed by atoms with Gasteiger partial charge < -0.3 is 0 Å². The van der Waals surface area contributed by atoms with Gasteiger partial charge in [0, 0.05) is 22.3 Å². The molecule has 5 aromatic carbocycles. The summed E-state index contributed by atoms with van der Waals surface area (Å²) in [5.74, 6) is 13.1. The molecule has 5 rings (SSSR count). The second-order valence-corrected chi connectivity index (χ2v) is 7.94. The molecule has 0 aliphatic rings. The number of rotatable bonds is 2. The minimum atomic E-state index is 0.997. The third-order valence-electron chi connectivity index (χ3n) is 5.55. The van der Waals surface area contributed by atoms with E-state index in [9.17, 15) is 0 Å². The van der Waals surface area contributed by atoms with Crippen LogP contribution in [0.2, 0.25) is 0 Å². The van der Waals surface area contributed by atoms with Gasteiger partial charge in [-0.05, 0) is 70.8 Å². The summed E-state index contributed by atoms with van der Waals surface area (Å²) in [5, 5.41) is 0. The highest BCUT2D eigenvalue weighted by Crippen LogP contribution is 2.33. The van der Waals surface area contributed by atoms with Crippen molar-refractivity contribution >= 4 is 0 Å². The average molecular weight is 431 g/mol. The van der Waals surface area contributed by atoms with Crippen molar-refractivity contribution in [3.8, 4) is 45.9 Å². The van der Waals surface area contributed by atoms with Crippen molar-refractivity contribution in [2.45, 2.75) is 0 Å². The van der Waals surface area contributed by atoms with Gasteiger partial charge in [-0.25, -0.2) is 0 Å². The molecule has 0 saturated heterocycles. The molecule has 0 N–H and O–H groups in total. The Hall–Kier alpha value is -4.78. The zero-order chi connectivity index (χ0) is 23.0. The Bertz CT molecular complexity index is 1500. The van der Waals surface area contributed by atoms with E-state index in [0.29, 0.717) is 0 Å². The van der Waals surface area contributed by atoms with Crippen LogP contribution in [0.1, 0.15) is 22.3 Å². The molecule has 0 radical (unpaired) electrons. The van der Waals surface area contributed by atoms with E-state index >= 15 is 0 Å². The lowest BCUT2D eigenvalue weighted by molar-refractivity contribution is 1.55. The Morgan fingerprint density at radius 2 is 0.706 bits per heavy atom. The fourth-order valence-electron chi connectivity index (χ4n) is 3.80. The van der Waals surface area contributed by atoms with Gasteiger partial charge in [0.25, 0.3) is 0 Å². The first-order valence-electron chi connectivity index (χ1n) is 11.3. The van der Waals surface area contributed by atoms with E-state index in [2.05, 4.69) is 90.4 Å². The van der Waals surface area contributed by atoms with E-state index in [0.717, 1.165) is 27.8 Å². The zero-order valence-corrected chi connectivity index (χ0v) is 18.7. The Morgan fingerprint density at radius 3 is 1.26 bits per heavy atom. The Labute approximate surface area is 201 Å². The normalized spacial score (nSPS) is 9.88. The van der Waals surface area contributed by atoms with Crippen LogP contribution in [0.3, 0.4) is 0 Å². The number of benzene rings is 5. The zero-order valence-electron chi connectivity index (χ0n) is 18.7. The van der Waals surface area contributed by atoms with Crippen LogP contribution in [0, 0.1) is 23.7 Å². The van der Waals surface area contributed by atoms with Gasteiger partial charge in [-0.15, -0.1) is 0 Å². The molecule has 0 aliphatic carbocycles. The van der Waals surface area contributed by atoms with E-state index in [-0.39, 0.29) is 0 Å². The van der Waals surface area contributed by atoms with Crippen molar-refractivity contribution in [1.29, 1.82) is 0 Å². The van der Waals surface area contributed by atoms with Crippen molar-refractivity contribution in [3.05, 3.63) is 156 Å².